The van der Waals surface area contributed by atoms with E-state index in [0.717, 1.165) is 14.7 Å². The molecular formula is C24H17ClIN3O4. The van der Waals surface area contributed by atoms with E-state index in [4.69, 9.17) is 16.3 Å². The topological polar surface area (TPSA) is 105 Å². The number of nitro benzene ring substituents is 1. The molecule has 0 saturated carbocycles. The number of non-ortho nitro benzene ring substituents is 1. The van der Waals surface area contributed by atoms with E-state index in [2.05, 4.69) is 27.9 Å². The number of nitro groups is 1. The fourth-order valence-corrected chi connectivity index (χ4v) is 4.13. The third kappa shape index (κ3) is 6.09. The van der Waals surface area contributed by atoms with Crippen molar-refractivity contribution >= 4 is 57.5 Å². The van der Waals surface area contributed by atoms with E-state index < -0.39 is 10.8 Å². The number of nitrogens with zero attached hydrogens (tertiary/aromatic N) is 2. The second-order valence-corrected chi connectivity index (χ2v) is 8.45. The molecule has 3 aromatic rings. The van der Waals surface area contributed by atoms with E-state index in [-0.39, 0.29) is 16.9 Å². The van der Waals surface area contributed by atoms with Gasteiger partial charge < -0.3 is 10.1 Å². The first-order valence-corrected chi connectivity index (χ1v) is 11.1. The average molecular weight is 574 g/mol. The number of nitrogens with one attached hydrogen (secondary N) is 1. The number of halogens is 2. The molecular weight excluding hydrogens is 557 g/mol. The predicted octanol–water partition coefficient (Wildman–Crippen LogP) is 6.00. The second kappa shape index (κ2) is 10.9. The van der Waals surface area contributed by atoms with E-state index in [0.29, 0.717) is 22.8 Å². The molecule has 0 spiro atoms. The number of hydrogen-bond acceptors (Lipinski definition) is 5. The Morgan fingerprint density at radius 3 is 2.67 bits per heavy atom. The van der Waals surface area contributed by atoms with Gasteiger partial charge >= 0.3 is 0 Å². The molecule has 0 fully saturated rings. The van der Waals surface area contributed by atoms with Crippen LogP contribution in [0.1, 0.15) is 16.7 Å². The summed E-state index contributed by atoms with van der Waals surface area (Å²) in [5.41, 5.74) is 2.39. The molecule has 0 aliphatic rings. The molecule has 3 rings (SSSR count). The number of anilines is 1. The largest absolute Gasteiger partial charge is 0.496 e. The Hall–Kier alpha value is -3.42. The second-order valence-electron chi connectivity index (χ2n) is 6.88. The third-order valence-corrected chi connectivity index (χ3v) is 6.04. The lowest BCUT2D eigenvalue weighted by Gasteiger charge is -2.13. The average Bonchev–Trinajstić information content (AvgIpc) is 2.80. The Kier molecular flexibility index (Phi) is 8.03. The van der Waals surface area contributed by atoms with Crippen LogP contribution in [0.25, 0.3) is 6.08 Å². The lowest BCUT2D eigenvalue weighted by molar-refractivity contribution is -0.384. The molecule has 0 bridgehead atoms. The van der Waals surface area contributed by atoms with Crippen molar-refractivity contribution in [2.45, 2.75) is 6.42 Å². The Bertz CT molecular complexity index is 1300. The highest BCUT2D eigenvalue weighted by Gasteiger charge is 2.15. The summed E-state index contributed by atoms with van der Waals surface area (Å²) < 4.78 is 6.45. The quantitative estimate of drug-likeness (QED) is 0.123. The van der Waals surface area contributed by atoms with Crippen LogP contribution in [0.5, 0.6) is 5.75 Å². The Morgan fingerprint density at radius 2 is 2.00 bits per heavy atom. The number of methoxy groups -OCH3 is 1. The summed E-state index contributed by atoms with van der Waals surface area (Å²) in [6.07, 6.45) is 2.00. The molecule has 0 heterocycles. The van der Waals surface area contributed by atoms with Gasteiger partial charge in [-0.1, -0.05) is 35.9 Å². The van der Waals surface area contributed by atoms with Crippen molar-refractivity contribution in [2.75, 3.05) is 12.4 Å². The first kappa shape index (κ1) is 24.2. The minimum Gasteiger partial charge on any atom is -0.496 e. The molecule has 3 aromatic carbocycles. The molecule has 0 radical (unpaired) electrons. The number of carbonyl (C=O) groups is 1. The Morgan fingerprint density at radius 1 is 1.24 bits per heavy atom. The Labute approximate surface area is 208 Å². The molecule has 0 aromatic heterocycles. The smallest absolute Gasteiger partial charge is 0.271 e. The van der Waals surface area contributed by atoms with E-state index >= 15 is 0 Å². The van der Waals surface area contributed by atoms with Gasteiger partial charge in [0.2, 0.25) is 0 Å². The third-order valence-electron chi connectivity index (χ3n) is 4.71. The van der Waals surface area contributed by atoms with Crippen molar-refractivity contribution in [3.63, 3.8) is 0 Å². The summed E-state index contributed by atoms with van der Waals surface area (Å²) in [6, 6.07) is 18.5. The maximum Gasteiger partial charge on any atom is 0.271 e. The van der Waals surface area contributed by atoms with Gasteiger partial charge in [0.25, 0.3) is 11.6 Å². The molecule has 0 saturated heterocycles. The van der Waals surface area contributed by atoms with Gasteiger partial charge in [0, 0.05) is 38.4 Å². The van der Waals surface area contributed by atoms with Crippen molar-refractivity contribution in [1.29, 1.82) is 5.26 Å². The highest BCUT2D eigenvalue weighted by molar-refractivity contribution is 14.1. The van der Waals surface area contributed by atoms with Crippen LogP contribution in [-0.2, 0) is 11.2 Å². The lowest BCUT2D eigenvalue weighted by atomic mass is 10.0. The van der Waals surface area contributed by atoms with E-state index in [9.17, 15) is 20.2 Å². The molecule has 33 heavy (non-hydrogen) atoms. The highest BCUT2D eigenvalue weighted by Crippen LogP contribution is 2.31. The van der Waals surface area contributed by atoms with Crippen LogP contribution >= 0.6 is 34.2 Å². The molecule has 166 valence electrons. The number of nitriles is 1. The number of amides is 1. The van der Waals surface area contributed by atoms with Crippen LogP contribution in [0.2, 0.25) is 5.02 Å². The summed E-state index contributed by atoms with van der Waals surface area (Å²) in [4.78, 5) is 23.0. The summed E-state index contributed by atoms with van der Waals surface area (Å²) in [7, 11) is 1.55. The van der Waals surface area contributed by atoms with Gasteiger partial charge in [0.05, 0.1) is 12.0 Å². The molecule has 0 atom stereocenters. The van der Waals surface area contributed by atoms with Crippen LogP contribution in [0.3, 0.4) is 0 Å². The van der Waals surface area contributed by atoms with Gasteiger partial charge in [-0.2, -0.15) is 5.26 Å². The normalized spacial score (nSPS) is 10.9. The van der Waals surface area contributed by atoms with Crippen LogP contribution in [0, 0.1) is 25.0 Å². The fourth-order valence-electron chi connectivity index (χ4n) is 3.11. The zero-order valence-electron chi connectivity index (χ0n) is 17.3. The van der Waals surface area contributed by atoms with Crippen LogP contribution in [0.15, 0.2) is 66.2 Å². The zero-order valence-corrected chi connectivity index (χ0v) is 20.3. The molecule has 1 amide bonds. The predicted molar refractivity (Wildman–Crippen MR) is 135 cm³/mol. The number of benzene rings is 3. The SMILES string of the molecule is COc1cc(/C=C(\C#N)C(=O)Nc2cccc([N+](=O)[O-])c2)cc(I)c1Cc1ccccc1Cl. The van der Waals surface area contributed by atoms with Crippen molar-refractivity contribution in [2.24, 2.45) is 0 Å². The molecule has 9 heteroatoms. The standard InChI is InChI=1S/C24H17ClIN3O4/c1-33-23-11-15(10-22(26)20(23)12-16-5-2-3-8-21(16)25)9-17(14-27)24(30)28-18-6-4-7-19(13-18)29(31)32/h2-11,13H,12H2,1H3,(H,28,30)/b17-9+. The number of ether oxygens (including phenoxy) is 1. The fraction of sp³-hybridized carbons (Fsp3) is 0.0833. The number of carbonyl (C=O) groups excluding carboxylic acids is 1. The van der Waals surface area contributed by atoms with Gasteiger partial charge in [-0.15, -0.1) is 0 Å². The van der Waals surface area contributed by atoms with Gasteiger partial charge in [-0.3, -0.25) is 14.9 Å². The zero-order chi connectivity index (χ0) is 24.0. The van der Waals surface area contributed by atoms with Crippen LogP contribution < -0.4 is 10.1 Å². The van der Waals surface area contributed by atoms with Crippen molar-refractivity contribution < 1.29 is 14.5 Å². The van der Waals surface area contributed by atoms with Crippen molar-refractivity contribution in [3.8, 4) is 11.8 Å². The van der Waals surface area contributed by atoms with E-state index in [1.165, 1.54) is 30.3 Å². The van der Waals surface area contributed by atoms with Crippen LogP contribution in [-0.4, -0.2) is 17.9 Å². The summed E-state index contributed by atoms with van der Waals surface area (Å²) in [5, 5.41) is 23.6. The first-order chi connectivity index (χ1) is 15.8. The van der Waals surface area contributed by atoms with Gasteiger partial charge in [-0.05, 0) is 64.1 Å². The Balaban J connectivity index is 1.89. The van der Waals surface area contributed by atoms with Gasteiger partial charge in [0.15, 0.2) is 0 Å². The highest BCUT2D eigenvalue weighted by atomic mass is 127. The van der Waals surface area contributed by atoms with E-state index in [1.54, 1.807) is 13.2 Å². The minimum atomic E-state index is -0.674. The summed E-state index contributed by atoms with van der Waals surface area (Å²) in [5.74, 6) is -0.0726. The molecule has 1 N–H and O–H groups in total. The first-order valence-electron chi connectivity index (χ1n) is 9.59. The van der Waals surface area contributed by atoms with Gasteiger partial charge in [-0.25, -0.2) is 0 Å². The molecule has 0 aliphatic carbocycles. The molecule has 7 nitrogen and oxygen atoms in total. The van der Waals surface area contributed by atoms with Crippen molar-refractivity contribution in [1.82, 2.24) is 0 Å². The minimum absolute atomic E-state index is 0.154. The summed E-state index contributed by atoms with van der Waals surface area (Å²) >= 11 is 8.48. The van der Waals surface area contributed by atoms with Crippen LogP contribution in [0.4, 0.5) is 11.4 Å². The maximum absolute atomic E-state index is 12.6. The number of rotatable bonds is 7. The lowest BCUT2D eigenvalue weighted by Crippen LogP contribution is -2.13. The van der Waals surface area contributed by atoms with Gasteiger partial charge in [0.1, 0.15) is 17.4 Å². The van der Waals surface area contributed by atoms with E-state index in [1.807, 2.05) is 36.4 Å². The molecule has 0 unspecified atom stereocenters. The van der Waals surface area contributed by atoms with Crippen molar-refractivity contribution in [3.05, 3.63) is 102 Å². The molecule has 0 aliphatic heterocycles. The monoisotopic (exact) mass is 573 g/mol. The number of hydrogen-bond donors (Lipinski definition) is 1. The summed E-state index contributed by atoms with van der Waals surface area (Å²) in [6.45, 7) is 0. The maximum atomic E-state index is 12.6.